The lowest BCUT2D eigenvalue weighted by molar-refractivity contribution is -0.236. The molecular formula is C20H27N3O6. The van der Waals surface area contributed by atoms with Crippen LogP contribution in [0.4, 0.5) is 0 Å². The van der Waals surface area contributed by atoms with Gasteiger partial charge in [0.05, 0.1) is 19.8 Å². The molecule has 0 amide bonds. The summed E-state index contributed by atoms with van der Waals surface area (Å²) in [6.45, 7) is 8.47. The van der Waals surface area contributed by atoms with Crippen molar-refractivity contribution in [2.24, 2.45) is 5.11 Å². The van der Waals surface area contributed by atoms with Crippen molar-refractivity contribution in [2.45, 2.75) is 83.1 Å². The van der Waals surface area contributed by atoms with Crippen molar-refractivity contribution in [1.82, 2.24) is 0 Å². The molecule has 3 heterocycles. The standard InChI is InChI=1S/C20H27N3O6/c1-19(2)25-11-14(27-19)15-16(17-18(26-15)29-20(3,4)28-17)24-10-13-8-6-5-7-12(13)9-22-23-21/h5-8,14-18H,9-11H2,1-4H3/t14-,15-,16+,17-,18-/m1/s1. The van der Waals surface area contributed by atoms with Crippen molar-refractivity contribution in [3.05, 3.63) is 45.8 Å². The van der Waals surface area contributed by atoms with Crippen LogP contribution in [0, 0.1) is 0 Å². The third-order valence-corrected chi connectivity index (χ3v) is 5.28. The summed E-state index contributed by atoms with van der Waals surface area (Å²) in [5.41, 5.74) is 10.5. The van der Waals surface area contributed by atoms with Gasteiger partial charge in [-0.05, 0) is 44.4 Å². The molecule has 9 heteroatoms. The Morgan fingerprint density at radius 1 is 1.07 bits per heavy atom. The van der Waals surface area contributed by atoms with Crippen LogP contribution in [0.25, 0.3) is 10.4 Å². The maximum absolute atomic E-state index is 8.63. The summed E-state index contributed by atoms with van der Waals surface area (Å²) >= 11 is 0. The van der Waals surface area contributed by atoms with Crippen LogP contribution in [0.15, 0.2) is 29.4 Å². The van der Waals surface area contributed by atoms with Crippen LogP contribution in [0.2, 0.25) is 0 Å². The molecule has 0 spiro atoms. The minimum atomic E-state index is -0.742. The highest BCUT2D eigenvalue weighted by Gasteiger charge is 2.58. The molecule has 0 bridgehead atoms. The van der Waals surface area contributed by atoms with Gasteiger partial charge < -0.3 is 28.4 Å². The van der Waals surface area contributed by atoms with Crippen molar-refractivity contribution in [3.8, 4) is 0 Å². The second kappa shape index (κ2) is 7.85. The SMILES string of the molecule is CC1(C)O[C@H]2O[C@H]([C@H]3COC(C)(C)O3)[C@H](OCc3ccccc3CN=[N+]=[N-])[C@H]2O1. The predicted octanol–water partition coefficient (Wildman–Crippen LogP) is 3.41. The molecule has 0 radical (unpaired) electrons. The van der Waals surface area contributed by atoms with Gasteiger partial charge in [-0.2, -0.15) is 0 Å². The van der Waals surface area contributed by atoms with Crippen molar-refractivity contribution in [3.63, 3.8) is 0 Å². The highest BCUT2D eigenvalue weighted by Crippen LogP contribution is 2.42. The molecule has 0 saturated carbocycles. The first kappa shape index (κ1) is 20.6. The molecule has 0 aromatic heterocycles. The Labute approximate surface area is 169 Å². The van der Waals surface area contributed by atoms with Crippen LogP contribution >= 0.6 is 0 Å². The summed E-state index contributed by atoms with van der Waals surface area (Å²) < 4.78 is 36.2. The molecule has 29 heavy (non-hydrogen) atoms. The first-order valence-electron chi connectivity index (χ1n) is 9.80. The molecule has 1 aromatic carbocycles. The van der Waals surface area contributed by atoms with E-state index in [9.17, 15) is 0 Å². The second-order valence-electron chi connectivity index (χ2n) is 8.37. The van der Waals surface area contributed by atoms with E-state index in [-0.39, 0.29) is 24.9 Å². The van der Waals surface area contributed by atoms with Gasteiger partial charge in [-0.1, -0.05) is 29.4 Å². The Balaban J connectivity index is 1.51. The molecule has 0 unspecified atom stereocenters. The molecule has 3 aliphatic heterocycles. The molecule has 4 rings (SSSR count). The van der Waals surface area contributed by atoms with E-state index in [1.165, 1.54) is 0 Å². The molecule has 3 fully saturated rings. The summed E-state index contributed by atoms with van der Waals surface area (Å²) in [6, 6.07) is 7.72. The Morgan fingerprint density at radius 2 is 1.83 bits per heavy atom. The third kappa shape index (κ3) is 4.41. The lowest BCUT2D eigenvalue weighted by atomic mass is 10.0. The van der Waals surface area contributed by atoms with E-state index < -0.39 is 24.0 Å². The average Bonchev–Trinajstić information content (AvgIpc) is 3.27. The van der Waals surface area contributed by atoms with E-state index in [1.54, 1.807) is 0 Å². The Bertz CT molecular complexity index is 794. The maximum Gasteiger partial charge on any atom is 0.190 e. The van der Waals surface area contributed by atoms with Crippen molar-refractivity contribution < 1.29 is 28.4 Å². The van der Waals surface area contributed by atoms with Gasteiger partial charge in [0.2, 0.25) is 0 Å². The Morgan fingerprint density at radius 3 is 2.52 bits per heavy atom. The Hall–Kier alpha value is -1.71. The van der Waals surface area contributed by atoms with Crippen LogP contribution in [0.1, 0.15) is 38.8 Å². The number of ether oxygens (including phenoxy) is 6. The number of hydrogen-bond acceptors (Lipinski definition) is 7. The van der Waals surface area contributed by atoms with Gasteiger partial charge in [0.15, 0.2) is 17.9 Å². The van der Waals surface area contributed by atoms with E-state index in [1.807, 2.05) is 52.0 Å². The van der Waals surface area contributed by atoms with Crippen LogP contribution < -0.4 is 0 Å². The van der Waals surface area contributed by atoms with Crippen molar-refractivity contribution in [2.75, 3.05) is 6.61 Å². The van der Waals surface area contributed by atoms with Gasteiger partial charge in [-0.3, -0.25) is 0 Å². The van der Waals surface area contributed by atoms with Gasteiger partial charge in [-0.15, -0.1) is 0 Å². The number of azide groups is 1. The Kier molecular flexibility index (Phi) is 5.56. The zero-order valence-corrected chi connectivity index (χ0v) is 17.1. The molecular weight excluding hydrogens is 378 g/mol. The first-order chi connectivity index (χ1) is 13.8. The first-order valence-corrected chi connectivity index (χ1v) is 9.80. The van der Waals surface area contributed by atoms with Gasteiger partial charge in [0.1, 0.15) is 24.4 Å². The normalized spacial score (nSPS) is 34.7. The minimum Gasteiger partial charge on any atom is -0.368 e. The lowest BCUT2D eigenvalue weighted by Crippen LogP contribution is -2.44. The van der Waals surface area contributed by atoms with Crippen molar-refractivity contribution >= 4 is 0 Å². The zero-order valence-electron chi connectivity index (χ0n) is 17.1. The second-order valence-corrected chi connectivity index (χ2v) is 8.37. The smallest absolute Gasteiger partial charge is 0.190 e. The van der Waals surface area contributed by atoms with Crippen LogP contribution in [-0.4, -0.2) is 48.9 Å². The number of benzene rings is 1. The summed E-state index contributed by atoms with van der Waals surface area (Å²) in [4.78, 5) is 2.84. The molecule has 1 aromatic rings. The fourth-order valence-corrected chi connectivity index (χ4v) is 4.02. The summed E-state index contributed by atoms with van der Waals surface area (Å²) in [5, 5.41) is 3.67. The van der Waals surface area contributed by atoms with E-state index in [4.69, 9.17) is 34.0 Å². The largest absolute Gasteiger partial charge is 0.368 e. The van der Waals surface area contributed by atoms with Gasteiger partial charge in [0.25, 0.3) is 0 Å². The highest BCUT2D eigenvalue weighted by molar-refractivity contribution is 5.26. The zero-order chi connectivity index (χ0) is 20.6. The fraction of sp³-hybridized carbons (Fsp3) is 0.700. The monoisotopic (exact) mass is 405 g/mol. The quantitative estimate of drug-likeness (QED) is 0.408. The molecule has 0 aliphatic carbocycles. The fourth-order valence-electron chi connectivity index (χ4n) is 4.02. The third-order valence-electron chi connectivity index (χ3n) is 5.28. The van der Waals surface area contributed by atoms with Gasteiger partial charge >= 0.3 is 0 Å². The lowest BCUT2D eigenvalue weighted by Gasteiger charge is -2.29. The van der Waals surface area contributed by atoms with E-state index in [0.29, 0.717) is 13.2 Å². The van der Waals surface area contributed by atoms with Gasteiger partial charge in [0, 0.05) is 4.91 Å². The summed E-state index contributed by atoms with van der Waals surface area (Å²) in [5.74, 6) is -1.41. The molecule has 9 nitrogen and oxygen atoms in total. The number of fused-ring (bicyclic) bond motifs is 1. The number of nitrogens with zero attached hydrogens (tertiary/aromatic N) is 3. The average molecular weight is 405 g/mol. The van der Waals surface area contributed by atoms with Crippen LogP contribution in [-0.2, 0) is 41.6 Å². The number of rotatable bonds is 6. The van der Waals surface area contributed by atoms with E-state index in [0.717, 1.165) is 11.1 Å². The molecule has 0 N–H and O–H groups in total. The molecule has 158 valence electrons. The summed E-state index contributed by atoms with van der Waals surface area (Å²) in [6.07, 6.45) is -1.95. The highest BCUT2D eigenvalue weighted by atomic mass is 16.8. The van der Waals surface area contributed by atoms with Crippen LogP contribution in [0.5, 0.6) is 0 Å². The molecule has 3 saturated heterocycles. The minimum absolute atomic E-state index is 0.271. The summed E-state index contributed by atoms with van der Waals surface area (Å²) in [7, 11) is 0. The molecule has 5 atom stereocenters. The van der Waals surface area contributed by atoms with E-state index in [2.05, 4.69) is 10.0 Å². The molecule has 3 aliphatic rings. The van der Waals surface area contributed by atoms with Crippen LogP contribution in [0.3, 0.4) is 0 Å². The maximum atomic E-state index is 8.63. The predicted molar refractivity (Wildman–Crippen MR) is 101 cm³/mol. The van der Waals surface area contributed by atoms with Gasteiger partial charge in [-0.25, -0.2) is 0 Å². The van der Waals surface area contributed by atoms with E-state index >= 15 is 0 Å². The van der Waals surface area contributed by atoms with Crippen molar-refractivity contribution in [1.29, 1.82) is 0 Å². The topological polar surface area (TPSA) is 104 Å². The number of hydrogen-bond donors (Lipinski definition) is 0.